The Morgan fingerprint density at radius 2 is 2.21 bits per heavy atom. The summed E-state index contributed by atoms with van der Waals surface area (Å²) in [5.41, 5.74) is 2.84. The molecule has 0 bridgehead atoms. The molecular weight excluding hydrogens is 459 g/mol. The number of carbonyl (C=O) groups excluding carboxylic acids is 1. The third-order valence-corrected chi connectivity index (χ3v) is 6.62. The van der Waals surface area contributed by atoms with Gasteiger partial charge in [-0.15, -0.1) is 16.8 Å². The van der Waals surface area contributed by atoms with Gasteiger partial charge in [-0.25, -0.2) is 9.63 Å². The number of anilines is 1. The maximum Gasteiger partial charge on any atom is 0.342 e. The van der Waals surface area contributed by atoms with E-state index in [0.29, 0.717) is 26.7 Å². The van der Waals surface area contributed by atoms with E-state index in [-0.39, 0.29) is 17.9 Å². The minimum absolute atomic E-state index is 0.00901. The Morgan fingerprint density at radius 3 is 2.86 bits per heavy atom. The second-order valence-corrected chi connectivity index (χ2v) is 8.89. The predicted molar refractivity (Wildman–Crippen MR) is 113 cm³/mol. The highest BCUT2D eigenvalue weighted by atomic mass is 35.5. The molecule has 0 amide bonds. The Bertz CT molecular complexity index is 1010. The fourth-order valence-electron chi connectivity index (χ4n) is 2.28. The lowest BCUT2D eigenvalue weighted by molar-refractivity contribution is -0.835. The van der Waals surface area contributed by atoms with Crippen LogP contribution in [0.3, 0.4) is 0 Å². The van der Waals surface area contributed by atoms with Gasteiger partial charge in [-0.3, -0.25) is 4.57 Å². The molecule has 0 atom stereocenters. The van der Waals surface area contributed by atoms with Gasteiger partial charge in [0.05, 0.1) is 28.2 Å². The van der Waals surface area contributed by atoms with Gasteiger partial charge in [-0.1, -0.05) is 23.2 Å². The molecule has 2 aromatic heterocycles. The lowest BCUT2D eigenvalue weighted by Crippen LogP contribution is -2.77. The molecule has 0 radical (unpaired) electrons. The summed E-state index contributed by atoms with van der Waals surface area (Å²) in [5, 5.41) is 10.7. The van der Waals surface area contributed by atoms with Crippen LogP contribution in [0.5, 0.6) is 5.75 Å². The number of nitrogens with one attached hydrogen (secondary N) is 1. The van der Waals surface area contributed by atoms with Crippen molar-refractivity contribution in [3.05, 3.63) is 51.1 Å². The first-order valence-corrected chi connectivity index (χ1v) is 10.5. The number of aromatic hydroxyl groups is 1. The summed E-state index contributed by atoms with van der Waals surface area (Å²) in [5.74, 6) is -0.235. The minimum Gasteiger partial charge on any atom is -0.507 e. The highest BCUT2D eigenvalue weighted by molar-refractivity contribution is 8.02. The summed E-state index contributed by atoms with van der Waals surface area (Å²) in [6, 6.07) is 6.33. The fraction of sp³-hybridized carbons (Fsp3) is 0.176. The number of hydrogen-bond donors (Lipinski definition) is 3. The minimum atomic E-state index is -0.642. The van der Waals surface area contributed by atoms with Crippen LogP contribution in [0, 0.1) is 0 Å². The molecule has 8 nitrogen and oxygen atoms in total. The van der Waals surface area contributed by atoms with E-state index in [1.807, 2.05) is 0 Å². The molecule has 29 heavy (non-hydrogen) atoms. The molecule has 1 aromatic carbocycles. The van der Waals surface area contributed by atoms with Crippen LogP contribution >= 0.6 is 46.5 Å². The maximum absolute atomic E-state index is 12.3. The molecule has 0 aliphatic heterocycles. The Kier molecular flexibility index (Phi) is 7.28. The molecule has 3 aromatic rings. The number of thiophene rings is 1. The van der Waals surface area contributed by atoms with Crippen molar-refractivity contribution in [2.24, 2.45) is 7.05 Å². The summed E-state index contributed by atoms with van der Waals surface area (Å²) < 4.78 is 11.5. The average molecular weight is 476 g/mol. The van der Waals surface area contributed by atoms with Crippen molar-refractivity contribution in [3.63, 3.8) is 0 Å². The van der Waals surface area contributed by atoms with E-state index in [0.717, 1.165) is 4.21 Å². The quantitative estimate of drug-likeness (QED) is 0.259. The van der Waals surface area contributed by atoms with Gasteiger partial charge < -0.3 is 14.6 Å². The van der Waals surface area contributed by atoms with Gasteiger partial charge in [0.2, 0.25) is 0 Å². The van der Waals surface area contributed by atoms with Crippen molar-refractivity contribution in [1.29, 1.82) is 0 Å². The topological polar surface area (TPSA) is 102 Å². The highest BCUT2D eigenvalue weighted by Crippen LogP contribution is 2.38. The first-order chi connectivity index (χ1) is 13.9. The van der Waals surface area contributed by atoms with Crippen LogP contribution < -0.4 is 10.2 Å². The number of phenols is 1. The Balaban J connectivity index is 1.59. The zero-order chi connectivity index (χ0) is 21.0. The average Bonchev–Trinajstić information content (AvgIpc) is 3.20. The second-order valence-electron chi connectivity index (χ2n) is 5.72. The molecule has 154 valence electrons. The number of aromatic nitrogens is 2. The third-order valence-electron chi connectivity index (χ3n) is 3.80. The van der Waals surface area contributed by atoms with Crippen LogP contribution in [0.15, 0.2) is 34.7 Å². The lowest BCUT2D eigenvalue weighted by atomic mass is 10.2. The zero-order valence-corrected chi connectivity index (χ0v) is 18.5. The number of benzene rings is 1. The van der Waals surface area contributed by atoms with E-state index in [1.54, 1.807) is 29.9 Å². The first-order valence-electron chi connectivity index (χ1n) is 8.13. The van der Waals surface area contributed by atoms with E-state index in [1.165, 1.54) is 48.0 Å². The molecule has 0 spiro atoms. The van der Waals surface area contributed by atoms with E-state index < -0.39 is 5.97 Å². The van der Waals surface area contributed by atoms with Crippen LogP contribution in [0.25, 0.3) is 0 Å². The lowest BCUT2D eigenvalue weighted by Gasteiger charge is -2.09. The molecule has 0 aliphatic carbocycles. The summed E-state index contributed by atoms with van der Waals surface area (Å²) in [6.45, 7) is 0.00901. The number of rotatable bonds is 8. The molecule has 3 rings (SSSR count). The molecule has 0 saturated heterocycles. The van der Waals surface area contributed by atoms with E-state index >= 15 is 0 Å². The molecular formula is C17H17Cl2N4O4S2+. The van der Waals surface area contributed by atoms with Gasteiger partial charge >= 0.3 is 11.9 Å². The van der Waals surface area contributed by atoms with E-state index in [9.17, 15) is 9.90 Å². The van der Waals surface area contributed by atoms with E-state index in [4.69, 9.17) is 32.8 Å². The van der Waals surface area contributed by atoms with Gasteiger partial charge in [-0.05, 0) is 30.1 Å². The predicted octanol–water partition coefficient (Wildman–Crippen LogP) is 3.73. The normalized spacial score (nSPS) is 10.9. The van der Waals surface area contributed by atoms with Crippen LogP contribution in [0.4, 0.5) is 11.6 Å². The van der Waals surface area contributed by atoms with Crippen LogP contribution in [-0.2, 0) is 23.2 Å². The summed E-state index contributed by atoms with van der Waals surface area (Å²) in [6.07, 6.45) is 1.59. The molecule has 0 unspecified atom stereocenters. The van der Waals surface area contributed by atoms with Crippen molar-refractivity contribution >= 4 is 64.1 Å². The Hall–Kier alpha value is -1.95. The Labute approximate surface area is 184 Å². The highest BCUT2D eigenvalue weighted by Gasteiger charge is 2.16. The van der Waals surface area contributed by atoms with Gasteiger partial charge in [0, 0.05) is 18.8 Å². The SMILES string of the molecule is CO[NH2+]c1ncc(COC(=O)c2ccc(NSc3cc(Cl)c(Cl)s3)cc2O)n1C. The van der Waals surface area contributed by atoms with Gasteiger partial charge in [0.15, 0.2) is 0 Å². The monoisotopic (exact) mass is 475 g/mol. The smallest absolute Gasteiger partial charge is 0.342 e. The van der Waals surface area contributed by atoms with Crippen molar-refractivity contribution in [2.45, 2.75) is 10.8 Å². The summed E-state index contributed by atoms with van der Waals surface area (Å²) in [7, 11) is 3.31. The zero-order valence-electron chi connectivity index (χ0n) is 15.3. The third kappa shape index (κ3) is 5.35. The fourth-order valence-corrected chi connectivity index (χ4v) is 4.65. The molecule has 2 heterocycles. The second kappa shape index (κ2) is 9.70. The molecule has 12 heteroatoms. The number of phenolic OH excluding ortho intramolecular Hbond substituents is 1. The standard InChI is InChI=1S/C17H16Cl2N4O4S2/c1-23-10(7-20-17(23)21-26-2)8-27-16(25)11-4-3-9(5-13(11)24)22-29-14-6-12(18)15(19)28-14/h3-7,22,24H,8H2,1-2H3,(H,20,21)/p+1. The summed E-state index contributed by atoms with van der Waals surface area (Å²) in [4.78, 5) is 21.4. The first kappa shape index (κ1) is 21.8. The van der Waals surface area contributed by atoms with Gasteiger partial charge in [-0.2, -0.15) is 4.98 Å². The number of esters is 1. The van der Waals surface area contributed by atoms with Crippen molar-refractivity contribution in [2.75, 3.05) is 11.8 Å². The van der Waals surface area contributed by atoms with Crippen molar-refractivity contribution < 1.29 is 25.0 Å². The maximum atomic E-state index is 12.3. The van der Waals surface area contributed by atoms with E-state index in [2.05, 4.69) is 9.71 Å². The summed E-state index contributed by atoms with van der Waals surface area (Å²) >= 11 is 14.5. The van der Waals surface area contributed by atoms with Gasteiger partial charge in [0.25, 0.3) is 0 Å². The van der Waals surface area contributed by atoms with Crippen molar-refractivity contribution in [3.8, 4) is 5.75 Å². The molecule has 0 fully saturated rings. The number of halogens is 2. The number of nitrogens with zero attached hydrogens (tertiary/aromatic N) is 2. The Morgan fingerprint density at radius 1 is 1.41 bits per heavy atom. The number of nitrogens with two attached hydrogens (primary N) is 1. The number of quaternary nitrogens is 1. The number of imidazole rings is 1. The number of ether oxygens (including phenoxy) is 1. The molecule has 0 aliphatic rings. The van der Waals surface area contributed by atoms with Crippen LogP contribution in [0.1, 0.15) is 16.1 Å². The number of hydrogen-bond acceptors (Lipinski definition) is 8. The largest absolute Gasteiger partial charge is 0.507 e. The van der Waals surface area contributed by atoms with Crippen molar-refractivity contribution in [1.82, 2.24) is 9.55 Å². The van der Waals surface area contributed by atoms with Crippen LogP contribution in [-0.4, -0.2) is 27.7 Å². The van der Waals surface area contributed by atoms with Gasteiger partial charge in [0.1, 0.15) is 22.3 Å². The molecule has 4 N–H and O–H groups in total. The number of carbonyl (C=O) groups is 1. The van der Waals surface area contributed by atoms with Crippen LogP contribution in [0.2, 0.25) is 9.36 Å². The molecule has 0 saturated carbocycles.